The lowest BCUT2D eigenvalue weighted by molar-refractivity contribution is -0.873. The van der Waals surface area contributed by atoms with E-state index >= 15 is 0 Å². The van der Waals surface area contributed by atoms with Crippen LogP contribution in [0.5, 0.6) is 0 Å². The molecular weight excluding hydrogens is 464 g/mol. The summed E-state index contributed by atoms with van der Waals surface area (Å²) in [5.41, 5.74) is 0. The van der Waals surface area contributed by atoms with Gasteiger partial charge in [-0.05, 0) is 31.6 Å². The first-order chi connectivity index (χ1) is 16.7. The maximum atomic E-state index is 11.9. The first-order valence-electron chi connectivity index (χ1n) is 13.1. The van der Waals surface area contributed by atoms with Gasteiger partial charge in [-0.1, -0.05) is 58.6 Å². The highest BCUT2D eigenvalue weighted by atomic mass is 16.5. The molecule has 2 N–H and O–H groups in total. The fraction of sp³-hybridized carbons (Fsp3) is 0.778. The number of esters is 1. The van der Waals surface area contributed by atoms with E-state index in [4.69, 9.17) is 9.84 Å². The van der Waals surface area contributed by atoms with Gasteiger partial charge in [0.05, 0.1) is 21.1 Å². The number of nitrogens with one attached hydrogen (secondary N) is 1. The monoisotopic (exact) mass is 514 g/mol. The number of carboxylic acids is 2. The number of hydrogen-bond donors (Lipinski definition) is 2. The Morgan fingerprint density at radius 2 is 1.58 bits per heavy atom. The topological polar surface area (TPSA) is 133 Å². The number of carbonyl (C=O) groups excluding carboxylic acids is 3. The van der Waals surface area contributed by atoms with Crippen LogP contribution in [0.3, 0.4) is 0 Å². The molecule has 0 rings (SSSR count). The minimum Gasteiger partial charge on any atom is -0.550 e. The molecule has 0 bridgehead atoms. The molecule has 3 unspecified atom stereocenters. The van der Waals surface area contributed by atoms with Gasteiger partial charge in [-0.15, -0.1) is 0 Å². The predicted molar refractivity (Wildman–Crippen MR) is 139 cm³/mol. The lowest BCUT2D eigenvalue weighted by Gasteiger charge is -2.29. The minimum atomic E-state index is -1.19. The summed E-state index contributed by atoms with van der Waals surface area (Å²) in [7, 11) is 5.80. The molecule has 0 aromatic rings. The van der Waals surface area contributed by atoms with Crippen LogP contribution in [-0.2, 0) is 23.9 Å². The number of nitrogens with zero attached hydrogens (tertiary/aromatic N) is 1. The van der Waals surface area contributed by atoms with Crippen molar-refractivity contribution >= 4 is 23.8 Å². The number of allylic oxidation sites excluding steroid dienone is 2. The van der Waals surface area contributed by atoms with Crippen LogP contribution < -0.4 is 10.4 Å². The van der Waals surface area contributed by atoms with Crippen LogP contribution in [0, 0.1) is 5.92 Å². The number of ether oxygens (including phenoxy) is 1. The van der Waals surface area contributed by atoms with Crippen LogP contribution >= 0.6 is 0 Å². The van der Waals surface area contributed by atoms with Crippen molar-refractivity contribution < 1.29 is 38.6 Å². The molecule has 36 heavy (non-hydrogen) atoms. The number of rotatable bonds is 18. The predicted octanol–water partition coefficient (Wildman–Crippen LogP) is 3.06. The first kappa shape index (κ1) is 35.7. The van der Waals surface area contributed by atoms with Crippen LogP contribution in [0.25, 0.3) is 0 Å². The van der Waals surface area contributed by atoms with Crippen LogP contribution in [0.1, 0.15) is 91.9 Å². The summed E-state index contributed by atoms with van der Waals surface area (Å²) in [4.78, 5) is 43.9. The van der Waals surface area contributed by atoms with Crippen molar-refractivity contribution in [3.05, 3.63) is 12.2 Å². The van der Waals surface area contributed by atoms with Gasteiger partial charge in [0.15, 0.2) is 6.10 Å². The number of amides is 1. The average Bonchev–Trinajstić information content (AvgIpc) is 2.74. The van der Waals surface area contributed by atoms with Gasteiger partial charge in [0, 0.05) is 25.7 Å². The summed E-state index contributed by atoms with van der Waals surface area (Å²) in [6, 6.07) is -0.757. The van der Waals surface area contributed by atoms with Gasteiger partial charge in [-0.25, -0.2) is 4.79 Å². The normalized spacial score (nSPS) is 13.8. The smallest absolute Gasteiger partial charge is 0.326 e. The van der Waals surface area contributed by atoms with E-state index in [0.717, 1.165) is 25.7 Å². The molecule has 210 valence electrons. The fourth-order valence-corrected chi connectivity index (χ4v) is 3.38. The van der Waals surface area contributed by atoms with Crippen LogP contribution in [0.4, 0.5) is 0 Å². The van der Waals surface area contributed by atoms with Gasteiger partial charge in [0.25, 0.3) is 0 Å². The van der Waals surface area contributed by atoms with Crippen molar-refractivity contribution in [2.45, 2.75) is 104 Å². The highest BCUT2D eigenvalue weighted by molar-refractivity contribution is 5.82. The Bertz CT molecular complexity index is 672. The van der Waals surface area contributed by atoms with E-state index in [1.807, 2.05) is 28.1 Å². The average molecular weight is 515 g/mol. The maximum absolute atomic E-state index is 11.9. The molecule has 0 heterocycles. The third-order valence-electron chi connectivity index (χ3n) is 5.42. The van der Waals surface area contributed by atoms with Crippen molar-refractivity contribution in [3.63, 3.8) is 0 Å². The van der Waals surface area contributed by atoms with E-state index in [9.17, 15) is 24.3 Å². The van der Waals surface area contributed by atoms with Gasteiger partial charge in [0.2, 0.25) is 5.91 Å². The lowest BCUT2D eigenvalue weighted by atomic mass is 9.99. The van der Waals surface area contributed by atoms with Crippen molar-refractivity contribution in [2.75, 3.05) is 27.7 Å². The number of quaternary nitrogens is 1. The summed E-state index contributed by atoms with van der Waals surface area (Å²) < 4.78 is 5.84. The minimum absolute atomic E-state index is 0.0357. The molecule has 3 atom stereocenters. The second kappa shape index (κ2) is 20.7. The van der Waals surface area contributed by atoms with Gasteiger partial charge in [-0.2, -0.15) is 0 Å². The largest absolute Gasteiger partial charge is 0.550 e. The molecule has 0 aromatic heterocycles. The zero-order chi connectivity index (χ0) is 28.1. The molecule has 0 radical (unpaired) electrons. The number of aliphatic carboxylic acids is 2. The van der Waals surface area contributed by atoms with E-state index in [-0.39, 0.29) is 24.2 Å². The van der Waals surface area contributed by atoms with Crippen LogP contribution in [0.15, 0.2) is 12.2 Å². The Morgan fingerprint density at radius 3 is 2.03 bits per heavy atom. The SMILES string of the molecule is CCC(C)C(NC(C)=O)C(=O)O.CCCCCCC=CCCCC(=O)OC(CC(=O)[O-])C[N+](C)(C)C. The van der Waals surface area contributed by atoms with Crippen LogP contribution in [-0.4, -0.2) is 73.2 Å². The second-order valence-corrected chi connectivity index (χ2v) is 10.3. The summed E-state index contributed by atoms with van der Waals surface area (Å²) in [6.07, 6.45) is 12.2. The zero-order valence-corrected chi connectivity index (χ0v) is 23.5. The number of unbranched alkanes of at least 4 members (excludes halogenated alkanes) is 5. The van der Waals surface area contributed by atoms with E-state index in [2.05, 4.69) is 24.4 Å². The molecule has 9 heteroatoms. The molecule has 0 aliphatic rings. The van der Waals surface area contributed by atoms with Crippen molar-refractivity contribution in [1.82, 2.24) is 5.32 Å². The molecule has 0 spiro atoms. The summed E-state index contributed by atoms with van der Waals surface area (Å²) in [6.45, 7) is 7.67. The standard InChI is InChI=1S/C19H35NO4.C8H15NO3/c1-5-6-7-8-9-10-11-12-13-14-19(23)24-17(15-18(21)22)16-20(2,3)4;1-4-5(2)7(8(11)12)9-6(3)10/h10-11,17H,5-9,12-16H2,1-4H3;5,7H,4H2,1-3H3,(H,9,10)(H,11,12). The van der Waals surface area contributed by atoms with E-state index in [0.29, 0.717) is 17.4 Å². The maximum Gasteiger partial charge on any atom is 0.326 e. The first-order valence-corrected chi connectivity index (χ1v) is 13.1. The van der Waals surface area contributed by atoms with Gasteiger partial charge >= 0.3 is 11.9 Å². The summed E-state index contributed by atoms with van der Waals surface area (Å²) in [5.74, 6) is -2.83. The Hall–Kier alpha value is -2.42. The zero-order valence-electron chi connectivity index (χ0n) is 23.5. The Kier molecular flexibility index (Phi) is 20.6. The van der Waals surface area contributed by atoms with Gasteiger partial charge < -0.3 is 29.5 Å². The molecule has 1 amide bonds. The second-order valence-electron chi connectivity index (χ2n) is 10.3. The number of carbonyl (C=O) groups is 4. The van der Waals surface area contributed by atoms with E-state index < -0.39 is 24.1 Å². The number of hydrogen-bond acceptors (Lipinski definition) is 6. The molecule has 0 fully saturated rings. The van der Waals surface area contributed by atoms with Gasteiger partial charge in [0.1, 0.15) is 12.6 Å². The number of likely N-dealkylation sites (N-methyl/N-ethyl adjacent to an activating group) is 1. The molecule has 0 saturated heterocycles. The number of carboxylic acid groups (broad SMARTS) is 2. The van der Waals surface area contributed by atoms with Crippen molar-refractivity contribution in [3.8, 4) is 0 Å². The Balaban J connectivity index is 0. The highest BCUT2D eigenvalue weighted by Crippen LogP contribution is 2.09. The molecule has 0 saturated carbocycles. The van der Waals surface area contributed by atoms with Crippen molar-refractivity contribution in [2.24, 2.45) is 5.92 Å². The highest BCUT2D eigenvalue weighted by Gasteiger charge is 2.24. The third-order valence-corrected chi connectivity index (χ3v) is 5.42. The van der Waals surface area contributed by atoms with Gasteiger partial charge in [-0.3, -0.25) is 9.59 Å². The third kappa shape index (κ3) is 23.3. The summed E-state index contributed by atoms with van der Waals surface area (Å²) >= 11 is 0. The molecular formula is C27H50N2O7. The molecule has 0 aliphatic heterocycles. The lowest BCUT2D eigenvalue weighted by Crippen LogP contribution is -2.45. The van der Waals surface area contributed by atoms with E-state index in [1.54, 1.807) is 6.92 Å². The molecule has 0 aromatic carbocycles. The van der Waals surface area contributed by atoms with E-state index in [1.165, 1.54) is 32.6 Å². The quantitative estimate of drug-likeness (QED) is 0.124. The fourth-order valence-electron chi connectivity index (χ4n) is 3.38. The van der Waals surface area contributed by atoms with Crippen molar-refractivity contribution in [1.29, 1.82) is 0 Å². The Labute approximate surface area is 217 Å². The molecule has 9 nitrogen and oxygen atoms in total. The molecule has 0 aliphatic carbocycles. The van der Waals surface area contributed by atoms with Crippen LogP contribution in [0.2, 0.25) is 0 Å². The summed E-state index contributed by atoms with van der Waals surface area (Å²) in [5, 5.41) is 21.9. The Morgan fingerprint density at radius 1 is 1.00 bits per heavy atom.